The van der Waals surface area contributed by atoms with Gasteiger partial charge in [0.25, 0.3) is 5.91 Å². The van der Waals surface area contributed by atoms with Gasteiger partial charge in [0.1, 0.15) is 5.75 Å². The quantitative estimate of drug-likeness (QED) is 0.358. The van der Waals surface area contributed by atoms with Gasteiger partial charge in [0, 0.05) is 3.57 Å². The summed E-state index contributed by atoms with van der Waals surface area (Å²) in [6.45, 7) is 4.23. The number of aromatic hydroxyl groups is 1. The van der Waals surface area contributed by atoms with Crippen molar-refractivity contribution in [3.63, 3.8) is 0 Å². The fraction of sp³-hybridized carbons (Fsp3) is 0.222. The van der Waals surface area contributed by atoms with Crippen LogP contribution in [-0.2, 0) is 0 Å². The highest BCUT2D eigenvalue weighted by Crippen LogP contribution is 2.29. The minimum Gasteiger partial charge on any atom is -0.506 e. The number of halogens is 1. The van der Waals surface area contributed by atoms with E-state index in [0.29, 0.717) is 17.2 Å². The smallest absolute Gasteiger partial charge is 0.258 e. The van der Waals surface area contributed by atoms with Crippen LogP contribution in [0.15, 0.2) is 42.5 Å². The highest BCUT2D eigenvalue weighted by molar-refractivity contribution is 14.1. The maximum absolute atomic E-state index is 12.3. The van der Waals surface area contributed by atoms with E-state index < -0.39 is 0 Å². The number of carbonyl (C=O) groups is 1. The number of hydrogen-bond acceptors (Lipinski definition) is 3. The van der Waals surface area contributed by atoms with Crippen LogP contribution >= 0.6 is 34.8 Å². The molecular weight excluding hydrogens is 435 g/mol. The molecule has 2 rings (SSSR count). The third-order valence-corrected chi connectivity index (χ3v) is 4.94. The van der Waals surface area contributed by atoms with Gasteiger partial charge in [-0.3, -0.25) is 10.1 Å². The van der Waals surface area contributed by atoms with Crippen molar-refractivity contribution in [2.45, 2.75) is 26.2 Å². The van der Waals surface area contributed by atoms with Gasteiger partial charge < -0.3 is 10.4 Å². The first-order chi connectivity index (χ1) is 11.4. The predicted molar refractivity (Wildman–Crippen MR) is 110 cm³/mol. The van der Waals surface area contributed by atoms with Gasteiger partial charge in [-0.25, -0.2) is 0 Å². The van der Waals surface area contributed by atoms with Crippen molar-refractivity contribution >= 4 is 51.5 Å². The highest BCUT2D eigenvalue weighted by atomic mass is 127. The summed E-state index contributed by atoms with van der Waals surface area (Å²) in [5.41, 5.74) is 2.14. The Hall–Kier alpha value is -1.67. The van der Waals surface area contributed by atoms with Gasteiger partial charge in [0.05, 0.1) is 11.3 Å². The molecule has 24 heavy (non-hydrogen) atoms. The van der Waals surface area contributed by atoms with Gasteiger partial charge in [-0.05, 0) is 77.0 Å². The molecule has 0 heterocycles. The first-order valence-electron chi connectivity index (χ1n) is 7.62. The molecule has 0 saturated heterocycles. The first-order valence-corrected chi connectivity index (χ1v) is 9.10. The zero-order valence-corrected chi connectivity index (χ0v) is 16.4. The summed E-state index contributed by atoms with van der Waals surface area (Å²) in [5.74, 6) is 0.184. The van der Waals surface area contributed by atoms with Crippen LogP contribution < -0.4 is 10.6 Å². The van der Waals surface area contributed by atoms with Crippen molar-refractivity contribution in [3.8, 4) is 5.75 Å². The lowest BCUT2D eigenvalue weighted by Gasteiger charge is -2.15. The third kappa shape index (κ3) is 4.67. The van der Waals surface area contributed by atoms with Gasteiger partial charge in [0.15, 0.2) is 5.11 Å². The van der Waals surface area contributed by atoms with Crippen molar-refractivity contribution in [1.29, 1.82) is 0 Å². The number of carbonyl (C=O) groups excluding carboxylic acids is 1. The minimum absolute atomic E-state index is 0.0907. The third-order valence-electron chi connectivity index (χ3n) is 3.80. The fourth-order valence-corrected chi connectivity index (χ4v) is 3.00. The van der Waals surface area contributed by atoms with Gasteiger partial charge in [-0.2, -0.15) is 0 Å². The van der Waals surface area contributed by atoms with Crippen molar-refractivity contribution < 1.29 is 9.90 Å². The monoisotopic (exact) mass is 454 g/mol. The molecule has 1 amide bonds. The Kier molecular flexibility index (Phi) is 6.56. The lowest BCUT2D eigenvalue weighted by Crippen LogP contribution is -2.34. The number of rotatable bonds is 4. The number of hydrogen-bond donors (Lipinski definition) is 3. The summed E-state index contributed by atoms with van der Waals surface area (Å²) in [5, 5.41) is 15.7. The predicted octanol–water partition coefficient (Wildman–Crippen LogP) is 4.64. The zero-order valence-electron chi connectivity index (χ0n) is 13.5. The molecule has 0 unspecified atom stereocenters. The summed E-state index contributed by atoms with van der Waals surface area (Å²) in [4.78, 5) is 12.3. The van der Waals surface area contributed by atoms with Crippen LogP contribution in [0.2, 0.25) is 0 Å². The van der Waals surface area contributed by atoms with Crippen molar-refractivity contribution in [2.24, 2.45) is 0 Å². The number of nitrogens with one attached hydrogen (secondary N) is 2. The van der Waals surface area contributed by atoms with Crippen LogP contribution in [0.5, 0.6) is 5.75 Å². The first kappa shape index (κ1) is 18.7. The molecule has 0 bridgehead atoms. The second-order valence-corrected chi connectivity index (χ2v) is 7.04. The Bertz CT molecular complexity index is 764. The average molecular weight is 454 g/mol. The molecule has 2 aromatic carbocycles. The molecular formula is C18H19IN2O2S. The van der Waals surface area contributed by atoms with Crippen molar-refractivity contribution in [3.05, 3.63) is 57.2 Å². The van der Waals surface area contributed by atoms with E-state index in [9.17, 15) is 9.90 Å². The summed E-state index contributed by atoms with van der Waals surface area (Å²) in [7, 11) is 0. The van der Waals surface area contributed by atoms with Crippen LogP contribution in [0.3, 0.4) is 0 Å². The van der Waals surface area contributed by atoms with Crippen molar-refractivity contribution in [1.82, 2.24) is 5.32 Å². The van der Waals surface area contributed by atoms with Crippen LogP contribution in [0.25, 0.3) is 0 Å². The average Bonchev–Trinajstić information content (AvgIpc) is 2.56. The molecule has 0 saturated carbocycles. The van der Waals surface area contributed by atoms with Crippen LogP contribution in [0.1, 0.15) is 42.1 Å². The second kappa shape index (κ2) is 8.43. The van der Waals surface area contributed by atoms with Gasteiger partial charge >= 0.3 is 0 Å². The lowest BCUT2D eigenvalue weighted by molar-refractivity contribution is 0.0977. The van der Waals surface area contributed by atoms with E-state index >= 15 is 0 Å². The Balaban J connectivity index is 2.10. The van der Waals surface area contributed by atoms with Gasteiger partial charge in [-0.15, -0.1) is 0 Å². The van der Waals surface area contributed by atoms with Crippen LogP contribution in [0, 0.1) is 3.57 Å². The maximum Gasteiger partial charge on any atom is 0.258 e. The standard InChI is InChI=1S/C18H19IN2O2S/c1-3-11(2)12-8-9-16(22)15(10-12)20-18(24)21-17(23)13-6-4-5-7-14(13)19/h4-11,22H,3H2,1-2H3,(H2,20,21,23,24)/t11-/m0/s1. The molecule has 0 spiro atoms. The Morgan fingerprint density at radius 2 is 2.00 bits per heavy atom. The van der Waals surface area contributed by atoms with E-state index in [2.05, 4.69) is 47.1 Å². The molecule has 0 aliphatic carbocycles. The number of thiocarbonyl (C=S) groups is 1. The van der Waals surface area contributed by atoms with Gasteiger partial charge in [-0.1, -0.05) is 32.0 Å². The molecule has 0 aromatic heterocycles. The number of benzene rings is 2. The molecule has 1 atom stereocenters. The van der Waals surface area contributed by atoms with Gasteiger partial charge in [0.2, 0.25) is 0 Å². The van der Waals surface area contributed by atoms with Crippen molar-refractivity contribution in [2.75, 3.05) is 5.32 Å². The van der Waals surface area contributed by atoms with Crippen LogP contribution in [-0.4, -0.2) is 16.1 Å². The largest absolute Gasteiger partial charge is 0.506 e. The fourth-order valence-electron chi connectivity index (χ4n) is 2.17. The molecule has 0 aliphatic rings. The SMILES string of the molecule is CC[C@H](C)c1ccc(O)c(NC(=S)NC(=O)c2ccccc2I)c1. The Morgan fingerprint density at radius 1 is 1.29 bits per heavy atom. The Morgan fingerprint density at radius 3 is 2.67 bits per heavy atom. The van der Waals surface area contributed by atoms with E-state index in [1.807, 2.05) is 24.3 Å². The molecule has 0 radical (unpaired) electrons. The molecule has 0 fully saturated rings. The van der Waals surface area contributed by atoms with E-state index in [0.717, 1.165) is 15.6 Å². The molecule has 3 N–H and O–H groups in total. The summed E-state index contributed by atoms with van der Waals surface area (Å²) < 4.78 is 0.844. The topological polar surface area (TPSA) is 61.4 Å². The normalized spacial score (nSPS) is 11.6. The molecule has 0 aliphatic heterocycles. The molecule has 4 nitrogen and oxygen atoms in total. The van der Waals surface area contributed by atoms with E-state index in [4.69, 9.17) is 12.2 Å². The summed E-state index contributed by atoms with van der Waals surface area (Å²) in [6.07, 6.45) is 0.998. The number of anilines is 1. The van der Waals surface area contributed by atoms with E-state index in [1.165, 1.54) is 0 Å². The summed E-state index contributed by atoms with van der Waals surface area (Å²) >= 11 is 7.30. The minimum atomic E-state index is -0.282. The second-order valence-electron chi connectivity index (χ2n) is 5.47. The highest BCUT2D eigenvalue weighted by Gasteiger charge is 2.13. The lowest BCUT2D eigenvalue weighted by atomic mass is 9.98. The number of phenolic OH excluding ortho intramolecular Hbond substituents is 1. The Labute approximate surface area is 160 Å². The van der Waals surface area contributed by atoms with E-state index in [1.54, 1.807) is 18.2 Å². The van der Waals surface area contributed by atoms with Crippen LogP contribution in [0.4, 0.5) is 5.69 Å². The van der Waals surface area contributed by atoms with E-state index in [-0.39, 0.29) is 16.8 Å². The zero-order chi connectivity index (χ0) is 17.7. The number of phenols is 1. The summed E-state index contributed by atoms with van der Waals surface area (Å²) in [6, 6.07) is 12.6. The maximum atomic E-state index is 12.3. The number of amides is 1. The molecule has 126 valence electrons. The molecule has 6 heteroatoms. The molecule has 2 aromatic rings.